The lowest BCUT2D eigenvalue weighted by atomic mass is 10.00. The summed E-state index contributed by atoms with van der Waals surface area (Å²) in [5.41, 5.74) is 15.3. The largest absolute Gasteiger partial charge is 0.402 e. The number of nitrogens with zero attached hydrogens (tertiary/aromatic N) is 2. The molecule has 8 heteroatoms. The number of piperazine rings is 1. The molecule has 2 aromatic rings. The first-order valence-electron chi connectivity index (χ1n) is 10.9. The van der Waals surface area contributed by atoms with Crippen molar-refractivity contribution in [1.29, 1.82) is 0 Å². The van der Waals surface area contributed by atoms with E-state index in [0.29, 0.717) is 47.2 Å². The zero-order valence-electron chi connectivity index (χ0n) is 17.7. The van der Waals surface area contributed by atoms with Gasteiger partial charge in [0.05, 0.1) is 22.4 Å². The molecule has 4 heterocycles. The lowest BCUT2D eigenvalue weighted by Crippen LogP contribution is -2.46. The Hall–Kier alpha value is -3.00. The zero-order valence-corrected chi connectivity index (χ0v) is 17.7. The summed E-state index contributed by atoms with van der Waals surface area (Å²) in [6.45, 7) is 4.99. The van der Waals surface area contributed by atoms with Crippen molar-refractivity contribution in [3.63, 3.8) is 0 Å². The molecule has 2 saturated heterocycles. The van der Waals surface area contributed by atoms with E-state index in [1.807, 2.05) is 25.1 Å². The molecule has 6 N–H and O–H groups in total. The van der Waals surface area contributed by atoms with Crippen molar-refractivity contribution in [2.75, 3.05) is 25.0 Å². The summed E-state index contributed by atoms with van der Waals surface area (Å²) >= 11 is 0. The maximum absolute atomic E-state index is 15.1. The molecular formula is C23H29FN6O. The molecule has 0 aliphatic carbocycles. The normalized spacial score (nSPS) is 24.0. The molecule has 0 spiro atoms. The highest BCUT2D eigenvalue weighted by atomic mass is 19.1. The molecular weight excluding hydrogens is 395 g/mol. The Morgan fingerprint density at radius 1 is 1.26 bits per heavy atom. The molecule has 2 fully saturated rings. The Balaban J connectivity index is 1.36. The Labute approximate surface area is 180 Å². The van der Waals surface area contributed by atoms with Crippen LogP contribution in [0.1, 0.15) is 30.9 Å². The predicted molar refractivity (Wildman–Crippen MR) is 121 cm³/mol. The third kappa shape index (κ3) is 3.54. The highest BCUT2D eigenvalue weighted by molar-refractivity contribution is 5.94. The van der Waals surface area contributed by atoms with Crippen molar-refractivity contribution in [1.82, 2.24) is 14.8 Å². The Morgan fingerprint density at radius 2 is 2.10 bits per heavy atom. The van der Waals surface area contributed by atoms with Crippen molar-refractivity contribution in [3.05, 3.63) is 63.1 Å². The number of pyridine rings is 1. The molecule has 164 valence electrons. The van der Waals surface area contributed by atoms with Crippen LogP contribution in [-0.4, -0.2) is 46.5 Å². The van der Waals surface area contributed by atoms with E-state index in [4.69, 9.17) is 11.5 Å². The van der Waals surface area contributed by atoms with Gasteiger partial charge in [-0.2, -0.15) is 0 Å². The first-order chi connectivity index (χ1) is 14.9. The second-order valence-electron chi connectivity index (χ2n) is 8.97. The third-order valence-electron chi connectivity index (χ3n) is 6.72. The van der Waals surface area contributed by atoms with Gasteiger partial charge in [-0.15, -0.1) is 0 Å². The van der Waals surface area contributed by atoms with Crippen molar-refractivity contribution in [2.24, 2.45) is 11.5 Å². The number of halogens is 1. The van der Waals surface area contributed by atoms with Crippen LogP contribution in [0.15, 0.2) is 40.6 Å². The summed E-state index contributed by atoms with van der Waals surface area (Å²) in [6, 6.07) is 4.27. The predicted octanol–water partition coefficient (Wildman–Crippen LogP) is 1.95. The maximum Gasteiger partial charge on any atom is 0.253 e. The van der Waals surface area contributed by atoms with Gasteiger partial charge >= 0.3 is 0 Å². The van der Waals surface area contributed by atoms with Gasteiger partial charge in [0.1, 0.15) is 5.82 Å². The maximum atomic E-state index is 15.1. The number of aromatic amines is 1. The lowest BCUT2D eigenvalue weighted by Gasteiger charge is -2.35. The molecule has 1 aromatic carbocycles. The number of hydrogen-bond donors (Lipinski definition) is 4. The third-order valence-corrected chi connectivity index (χ3v) is 6.72. The summed E-state index contributed by atoms with van der Waals surface area (Å²) in [7, 11) is 0. The number of hydrogen-bond acceptors (Lipinski definition) is 6. The van der Waals surface area contributed by atoms with Gasteiger partial charge in [-0.3, -0.25) is 9.69 Å². The molecule has 7 nitrogen and oxygen atoms in total. The molecule has 0 saturated carbocycles. The molecule has 2 bridgehead atoms. The number of nitrogens with two attached hydrogens (primary N) is 2. The van der Waals surface area contributed by atoms with Crippen molar-refractivity contribution >= 4 is 16.6 Å². The SMILES string of the molecule is C/C(N)=C/C=C(\N)N1C[C@@H]2C[C@H]1CN2Cc1cc(F)c2c3c(c(=O)[nH]c2c1)CCCN3. The Kier molecular flexibility index (Phi) is 4.89. The van der Waals surface area contributed by atoms with Gasteiger partial charge in [-0.05, 0) is 56.0 Å². The van der Waals surface area contributed by atoms with Crippen molar-refractivity contribution in [2.45, 2.75) is 44.8 Å². The van der Waals surface area contributed by atoms with Gasteiger partial charge in [-0.1, -0.05) is 0 Å². The van der Waals surface area contributed by atoms with Gasteiger partial charge in [0.2, 0.25) is 0 Å². The average molecular weight is 425 g/mol. The number of aromatic nitrogens is 1. The van der Waals surface area contributed by atoms with Crippen molar-refractivity contribution in [3.8, 4) is 0 Å². The molecule has 2 atom stereocenters. The standard InChI is InChI=1S/C23H29FN6O/c1-13(25)4-5-20(26)30-12-15-9-16(30)11-29(15)10-14-7-18(24)21-19(8-14)28-23(31)17-3-2-6-27-22(17)21/h4-5,7-8,15-16,27H,2-3,6,9-12,25-26H2,1H3,(H,28,31)/b13-4-,20-5+/t15-,16-/m0/s1. The van der Waals surface area contributed by atoms with Crippen LogP contribution in [0, 0.1) is 5.82 Å². The minimum Gasteiger partial charge on any atom is -0.402 e. The Morgan fingerprint density at radius 3 is 2.84 bits per heavy atom. The number of rotatable bonds is 4. The van der Waals surface area contributed by atoms with Gasteiger partial charge < -0.3 is 26.7 Å². The second kappa shape index (κ2) is 7.60. The molecule has 3 aliphatic heterocycles. The van der Waals surface area contributed by atoms with Gasteiger partial charge in [-0.25, -0.2) is 4.39 Å². The van der Waals surface area contributed by atoms with Crippen LogP contribution in [0.3, 0.4) is 0 Å². The molecule has 1 aromatic heterocycles. The van der Waals surface area contributed by atoms with Crippen LogP contribution < -0.4 is 22.3 Å². The summed E-state index contributed by atoms with van der Waals surface area (Å²) in [6.07, 6.45) is 6.30. The lowest BCUT2D eigenvalue weighted by molar-refractivity contribution is 0.147. The first kappa shape index (κ1) is 19.9. The molecule has 3 aliphatic rings. The number of allylic oxidation sites excluding steroid dienone is 3. The van der Waals surface area contributed by atoms with Crippen LogP contribution in [0.5, 0.6) is 0 Å². The zero-order chi connectivity index (χ0) is 21.7. The molecule has 0 radical (unpaired) electrons. The number of H-pyrrole nitrogens is 1. The van der Waals surface area contributed by atoms with Gasteiger partial charge in [0.15, 0.2) is 0 Å². The monoisotopic (exact) mass is 424 g/mol. The molecule has 5 rings (SSSR count). The van der Waals surface area contributed by atoms with Crippen LogP contribution in [0.25, 0.3) is 10.9 Å². The van der Waals surface area contributed by atoms with Crippen LogP contribution in [0.4, 0.5) is 10.1 Å². The quantitative estimate of drug-likeness (QED) is 0.560. The van der Waals surface area contributed by atoms with Gasteiger partial charge in [0, 0.05) is 49.5 Å². The van der Waals surface area contributed by atoms with E-state index in [1.54, 1.807) is 6.07 Å². The number of anilines is 1. The highest BCUT2D eigenvalue weighted by Gasteiger charge is 2.43. The fourth-order valence-electron chi connectivity index (χ4n) is 5.29. The molecule has 31 heavy (non-hydrogen) atoms. The number of nitrogens with one attached hydrogen (secondary N) is 2. The summed E-state index contributed by atoms with van der Waals surface area (Å²) in [5.74, 6) is 0.458. The summed E-state index contributed by atoms with van der Waals surface area (Å²) in [4.78, 5) is 20.0. The van der Waals surface area contributed by atoms with E-state index in [1.165, 1.54) is 0 Å². The number of benzene rings is 1. The van der Waals surface area contributed by atoms with Crippen molar-refractivity contribution < 1.29 is 4.39 Å². The van der Waals surface area contributed by atoms with E-state index < -0.39 is 0 Å². The minimum absolute atomic E-state index is 0.119. The summed E-state index contributed by atoms with van der Waals surface area (Å²) < 4.78 is 15.1. The van der Waals surface area contributed by atoms with Crippen LogP contribution in [-0.2, 0) is 13.0 Å². The first-order valence-corrected chi connectivity index (χ1v) is 10.9. The summed E-state index contributed by atoms with van der Waals surface area (Å²) in [5, 5.41) is 3.72. The minimum atomic E-state index is -0.281. The van der Waals surface area contributed by atoms with E-state index in [2.05, 4.69) is 20.1 Å². The topological polar surface area (TPSA) is 103 Å². The smallest absolute Gasteiger partial charge is 0.253 e. The number of likely N-dealkylation sites (tertiary alicyclic amines) is 2. The van der Waals surface area contributed by atoms with Crippen LogP contribution >= 0.6 is 0 Å². The fraction of sp³-hybridized carbons (Fsp3) is 0.435. The van der Waals surface area contributed by atoms with E-state index >= 15 is 4.39 Å². The Bertz CT molecular complexity index is 1150. The van der Waals surface area contributed by atoms with E-state index in [0.717, 1.165) is 49.6 Å². The average Bonchev–Trinajstić information content (AvgIpc) is 3.32. The number of fused-ring (bicyclic) bond motifs is 5. The second-order valence-corrected chi connectivity index (χ2v) is 8.97. The molecule has 0 unspecified atom stereocenters. The van der Waals surface area contributed by atoms with Gasteiger partial charge in [0.25, 0.3) is 5.56 Å². The highest BCUT2D eigenvalue weighted by Crippen LogP contribution is 2.35. The van der Waals surface area contributed by atoms with Crippen LogP contribution in [0.2, 0.25) is 0 Å². The van der Waals surface area contributed by atoms with E-state index in [-0.39, 0.29) is 11.4 Å². The molecule has 0 amide bonds. The van der Waals surface area contributed by atoms with E-state index in [9.17, 15) is 4.79 Å². The fourth-order valence-corrected chi connectivity index (χ4v) is 5.29.